The van der Waals surface area contributed by atoms with Crippen LogP contribution in [0.25, 0.3) is 0 Å². The smallest absolute Gasteiger partial charge is 0.379 e. The predicted octanol–water partition coefficient (Wildman–Crippen LogP) is 4.31. The Morgan fingerprint density at radius 3 is 2.09 bits per heavy atom. The molecule has 0 heterocycles. The van der Waals surface area contributed by atoms with Crippen LogP contribution in [-0.4, -0.2) is 17.8 Å². The van der Waals surface area contributed by atoms with Crippen molar-refractivity contribution in [1.29, 1.82) is 0 Å². The summed E-state index contributed by atoms with van der Waals surface area (Å²) in [5.74, 6) is 0. The third-order valence-corrected chi connectivity index (χ3v) is 3.48. The van der Waals surface area contributed by atoms with Gasteiger partial charge in [0.05, 0.1) is 0 Å². The van der Waals surface area contributed by atoms with Crippen molar-refractivity contribution in [2.24, 2.45) is 0 Å². The minimum absolute atomic E-state index is 0.146. The van der Waals surface area contributed by atoms with Gasteiger partial charge in [0.1, 0.15) is 0 Å². The summed E-state index contributed by atoms with van der Waals surface area (Å²) in [6.07, 6.45) is -7.08. The molecule has 1 N–H and O–H groups in total. The maximum atomic E-state index is 12.5. The first-order chi connectivity index (χ1) is 10.4. The molecule has 1 atom stereocenters. The SMILES string of the molecule is CCN(Cc1ccccc1)c1ccc(C(O)C(F)(F)F)cc1. The van der Waals surface area contributed by atoms with E-state index in [1.54, 1.807) is 12.1 Å². The van der Waals surface area contributed by atoms with E-state index in [1.807, 2.05) is 37.3 Å². The molecular weight excluding hydrogens is 291 g/mol. The zero-order valence-electron chi connectivity index (χ0n) is 12.2. The standard InChI is InChI=1S/C17H18F3NO/c1-2-21(12-13-6-4-3-5-7-13)15-10-8-14(9-11-15)16(22)17(18,19)20/h3-11,16,22H,2,12H2,1H3. The number of aliphatic hydroxyl groups is 1. The number of aliphatic hydroxyl groups excluding tert-OH is 1. The number of hydrogen-bond donors (Lipinski definition) is 1. The molecule has 0 aliphatic carbocycles. The van der Waals surface area contributed by atoms with Crippen molar-refractivity contribution >= 4 is 5.69 Å². The van der Waals surface area contributed by atoms with Crippen molar-refractivity contribution in [3.05, 3.63) is 65.7 Å². The summed E-state index contributed by atoms with van der Waals surface area (Å²) >= 11 is 0. The van der Waals surface area contributed by atoms with E-state index in [0.717, 1.165) is 17.8 Å². The Bertz CT molecular complexity index is 581. The third-order valence-electron chi connectivity index (χ3n) is 3.48. The van der Waals surface area contributed by atoms with Crippen LogP contribution in [-0.2, 0) is 6.54 Å². The Labute approximate surface area is 127 Å². The molecule has 0 amide bonds. The predicted molar refractivity (Wildman–Crippen MR) is 80.6 cm³/mol. The van der Waals surface area contributed by atoms with Crippen LogP contribution in [0.3, 0.4) is 0 Å². The maximum absolute atomic E-state index is 12.5. The summed E-state index contributed by atoms with van der Waals surface area (Å²) < 4.78 is 37.5. The van der Waals surface area contributed by atoms with E-state index in [1.165, 1.54) is 12.1 Å². The van der Waals surface area contributed by atoms with E-state index in [4.69, 9.17) is 0 Å². The zero-order valence-corrected chi connectivity index (χ0v) is 12.2. The van der Waals surface area contributed by atoms with Crippen molar-refractivity contribution < 1.29 is 18.3 Å². The first-order valence-electron chi connectivity index (χ1n) is 7.05. The molecule has 0 aromatic heterocycles. The van der Waals surface area contributed by atoms with Crippen LogP contribution < -0.4 is 4.90 Å². The molecule has 2 aromatic rings. The molecule has 118 valence electrons. The molecule has 0 saturated heterocycles. The van der Waals surface area contributed by atoms with Crippen LogP contribution in [0.4, 0.5) is 18.9 Å². The monoisotopic (exact) mass is 309 g/mol. The van der Waals surface area contributed by atoms with Crippen LogP contribution >= 0.6 is 0 Å². The van der Waals surface area contributed by atoms with Crippen molar-refractivity contribution in [2.45, 2.75) is 25.7 Å². The summed E-state index contributed by atoms with van der Waals surface area (Å²) in [5.41, 5.74) is 1.81. The van der Waals surface area contributed by atoms with Crippen molar-refractivity contribution in [1.82, 2.24) is 0 Å². The molecule has 1 unspecified atom stereocenters. The van der Waals surface area contributed by atoms with E-state index in [2.05, 4.69) is 4.90 Å². The van der Waals surface area contributed by atoms with Gasteiger partial charge in [0, 0.05) is 18.8 Å². The number of rotatable bonds is 5. The quantitative estimate of drug-likeness (QED) is 0.889. The topological polar surface area (TPSA) is 23.5 Å². The fourth-order valence-corrected chi connectivity index (χ4v) is 2.25. The van der Waals surface area contributed by atoms with E-state index < -0.39 is 12.3 Å². The lowest BCUT2D eigenvalue weighted by atomic mass is 10.1. The summed E-state index contributed by atoms with van der Waals surface area (Å²) in [6, 6.07) is 15.7. The van der Waals surface area contributed by atoms with Crippen molar-refractivity contribution in [3.63, 3.8) is 0 Å². The molecule has 0 spiro atoms. The van der Waals surface area contributed by atoms with E-state index >= 15 is 0 Å². The highest BCUT2D eigenvalue weighted by Crippen LogP contribution is 2.33. The highest BCUT2D eigenvalue weighted by molar-refractivity contribution is 5.48. The Morgan fingerprint density at radius 1 is 1.00 bits per heavy atom. The number of hydrogen-bond acceptors (Lipinski definition) is 2. The van der Waals surface area contributed by atoms with Gasteiger partial charge in [-0.2, -0.15) is 13.2 Å². The average Bonchev–Trinajstić information content (AvgIpc) is 2.52. The van der Waals surface area contributed by atoms with Crippen molar-refractivity contribution in [3.8, 4) is 0 Å². The first kappa shape index (κ1) is 16.4. The lowest BCUT2D eigenvalue weighted by Gasteiger charge is -2.24. The second-order valence-corrected chi connectivity index (χ2v) is 5.04. The summed E-state index contributed by atoms with van der Waals surface area (Å²) in [5, 5.41) is 9.24. The number of benzene rings is 2. The third kappa shape index (κ3) is 4.01. The van der Waals surface area contributed by atoms with Gasteiger partial charge in [-0.05, 0) is 30.2 Å². The molecule has 2 nitrogen and oxygen atoms in total. The lowest BCUT2D eigenvalue weighted by Crippen LogP contribution is -2.23. The van der Waals surface area contributed by atoms with Crippen LogP contribution in [0.2, 0.25) is 0 Å². The molecule has 0 bridgehead atoms. The lowest BCUT2D eigenvalue weighted by molar-refractivity contribution is -0.206. The molecule has 2 rings (SSSR count). The van der Waals surface area contributed by atoms with Crippen LogP contribution in [0.5, 0.6) is 0 Å². The molecule has 0 radical (unpaired) electrons. The second kappa shape index (κ2) is 6.83. The Kier molecular flexibility index (Phi) is 5.08. The second-order valence-electron chi connectivity index (χ2n) is 5.04. The normalized spacial score (nSPS) is 13.0. The van der Waals surface area contributed by atoms with Gasteiger partial charge in [-0.25, -0.2) is 0 Å². The number of nitrogens with zero attached hydrogens (tertiary/aromatic N) is 1. The fourth-order valence-electron chi connectivity index (χ4n) is 2.25. The van der Waals surface area contributed by atoms with Crippen LogP contribution in [0, 0.1) is 0 Å². The molecule has 0 aliphatic heterocycles. The number of alkyl halides is 3. The Balaban J connectivity index is 2.14. The number of anilines is 1. The minimum Gasteiger partial charge on any atom is -0.379 e. The summed E-state index contributed by atoms with van der Waals surface area (Å²) in [4.78, 5) is 2.05. The highest BCUT2D eigenvalue weighted by atomic mass is 19.4. The van der Waals surface area contributed by atoms with Gasteiger partial charge in [0.15, 0.2) is 6.10 Å². The van der Waals surface area contributed by atoms with Crippen molar-refractivity contribution in [2.75, 3.05) is 11.4 Å². The Hall–Kier alpha value is -2.01. The average molecular weight is 309 g/mol. The first-order valence-corrected chi connectivity index (χ1v) is 7.05. The van der Waals surface area contributed by atoms with Gasteiger partial charge in [0.25, 0.3) is 0 Å². The van der Waals surface area contributed by atoms with Gasteiger partial charge < -0.3 is 10.0 Å². The molecular formula is C17H18F3NO. The maximum Gasteiger partial charge on any atom is 0.418 e. The number of halogens is 3. The summed E-state index contributed by atoms with van der Waals surface area (Å²) in [7, 11) is 0. The largest absolute Gasteiger partial charge is 0.418 e. The zero-order chi connectivity index (χ0) is 16.2. The van der Waals surface area contributed by atoms with Crippen LogP contribution in [0.1, 0.15) is 24.2 Å². The van der Waals surface area contributed by atoms with E-state index in [-0.39, 0.29) is 5.56 Å². The van der Waals surface area contributed by atoms with Gasteiger partial charge >= 0.3 is 6.18 Å². The van der Waals surface area contributed by atoms with E-state index in [9.17, 15) is 18.3 Å². The summed E-state index contributed by atoms with van der Waals surface area (Å²) in [6.45, 7) is 3.40. The van der Waals surface area contributed by atoms with Gasteiger partial charge in [-0.15, -0.1) is 0 Å². The molecule has 5 heteroatoms. The van der Waals surface area contributed by atoms with Gasteiger partial charge in [-0.1, -0.05) is 42.5 Å². The van der Waals surface area contributed by atoms with Crippen LogP contribution in [0.15, 0.2) is 54.6 Å². The highest BCUT2D eigenvalue weighted by Gasteiger charge is 2.39. The molecule has 0 fully saturated rings. The molecule has 2 aromatic carbocycles. The van der Waals surface area contributed by atoms with E-state index in [0.29, 0.717) is 6.54 Å². The minimum atomic E-state index is -4.64. The Morgan fingerprint density at radius 2 is 1.59 bits per heavy atom. The molecule has 0 saturated carbocycles. The molecule has 22 heavy (non-hydrogen) atoms. The fraction of sp³-hybridized carbons (Fsp3) is 0.294. The van der Waals surface area contributed by atoms with Gasteiger partial charge in [0.2, 0.25) is 0 Å². The molecule has 0 aliphatic rings. The van der Waals surface area contributed by atoms with Gasteiger partial charge in [-0.3, -0.25) is 0 Å².